The van der Waals surface area contributed by atoms with Crippen LogP contribution in [0, 0.1) is 0 Å². The molecule has 2 aromatic rings. The number of carbonyl (C=O) groups excluding carboxylic acids is 1. The molecule has 2 aliphatic heterocycles. The lowest BCUT2D eigenvalue weighted by atomic mass is 10.1. The van der Waals surface area contributed by atoms with Gasteiger partial charge in [0.2, 0.25) is 0 Å². The third-order valence-electron chi connectivity index (χ3n) is 5.18. The lowest BCUT2D eigenvalue weighted by molar-refractivity contribution is -0.0979. The molecule has 2 aliphatic rings. The molecular weight excluding hydrogens is 324 g/mol. The van der Waals surface area contributed by atoms with Crippen molar-refractivity contribution in [3.63, 3.8) is 0 Å². The average Bonchev–Trinajstić information content (AvgIpc) is 3.33. The van der Waals surface area contributed by atoms with Crippen molar-refractivity contribution in [1.82, 2.24) is 19.8 Å². The van der Waals surface area contributed by atoms with E-state index in [4.69, 9.17) is 4.79 Å². The molecule has 0 amide bonds. The Morgan fingerprint density at radius 2 is 1.27 bits per heavy atom. The Morgan fingerprint density at radius 3 is 1.54 bits per heavy atom. The molecule has 5 nitrogen and oxygen atoms in total. The van der Waals surface area contributed by atoms with Crippen LogP contribution in [0.1, 0.15) is 48.9 Å². The summed E-state index contributed by atoms with van der Waals surface area (Å²) in [4.78, 5) is 21.1. The van der Waals surface area contributed by atoms with Crippen LogP contribution in [0.2, 0.25) is 0 Å². The van der Waals surface area contributed by atoms with Crippen LogP contribution in [-0.2, 0) is 4.79 Å². The van der Waals surface area contributed by atoms with Gasteiger partial charge in [-0.25, -0.2) is 0 Å². The predicted molar refractivity (Wildman–Crippen MR) is 105 cm³/mol. The minimum Gasteiger partial charge on any atom is -0.307 e. The number of aromatic nitrogens is 2. The minimum atomic E-state index is 0.610. The number of pyridine rings is 2. The SMILES string of the molecule is C=O.CN1CCCC1c1cccnc1.CN1CCCC1c1cccnc1. The second kappa shape index (κ2) is 10.8. The van der Waals surface area contributed by atoms with Gasteiger partial charge in [0.05, 0.1) is 0 Å². The highest BCUT2D eigenvalue weighted by Crippen LogP contribution is 2.30. The van der Waals surface area contributed by atoms with Gasteiger partial charge in [-0.2, -0.15) is 0 Å². The molecule has 5 heteroatoms. The second-order valence-corrected chi connectivity index (χ2v) is 6.85. The van der Waals surface area contributed by atoms with E-state index in [0.717, 1.165) is 0 Å². The normalized spacial score (nSPS) is 22.8. The number of rotatable bonds is 2. The highest BCUT2D eigenvalue weighted by Gasteiger charge is 2.22. The van der Waals surface area contributed by atoms with Crippen molar-refractivity contribution in [2.45, 2.75) is 37.8 Å². The van der Waals surface area contributed by atoms with Crippen LogP contribution < -0.4 is 0 Å². The van der Waals surface area contributed by atoms with Crippen LogP contribution in [0.5, 0.6) is 0 Å². The molecule has 0 spiro atoms. The minimum absolute atomic E-state index is 0.610. The summed E-state index contributed by atoms with van der Waals surface area (Å²) in [6.07, 6.45) is 12.8. The smallest absolute Gasteiger partial charge is 0.106 e. The van der Waals surface area contributed by atoms with Gasteiger partial charge in [0, 0.05) is 36.9 Å². The molecule has 0 saturated carbocycles. The Hall–Kier alpha value is -2.11. The maximum absolute atomic E-state index is 8.00. The van der Waals surface area contributed by atoms with Gasteiger partial charge >= 0.3 is 0 Å². The summed E-state index contributed by atoms with van der Waals surface area (Å²) in [5, 5.41) is 0. The highest BCUT2D eigenvalue weighted by molar-refractivity contribution is 5.15. The first kappa shape index (κ1) is 20.2. The summed E-state index contributed by atoms with van der Waals surface area (Å²) in [5.74, 6) is 0. The molecule has 2 saturated heterocycles. The number of nitrogens with zero attached hydrogens (tertiary/aromatic N) is 4. The first-order chi connectivity index (χ1) is 12.8. The molecular formula is C21H30N4O. The zero-order chi connectivity index (χ0) is 18.8. The molecule has 0 aromatic carbocycles. The first-order valence-electron chi connectivity index (χ1n) is 9.25. The lowest BCUT2D eigenvalue weighted by Crippen LogP contribution is -2.17. The van der Waals surface area contributed by atoms with E-state index in [1.807, 2.05) is 43.7 Å². The fourth-order valence-corrected chi connectivity index (χ4v) is 3.81. The molecule has 0 N–H and O–H groups in total. The summed E-state index contributed by atoms with van der Waals surface area (Å²) >= 11 is 0. The number of likely N-dealkylation sites (tertiary alicyclic amines) is 2. The van der Waals surface area contributed by atoms with E-state index in [1.54, 1.807) is 0 Å². The van der Waals surface area contributed by atoms with Gasteiger partial charge in [0.15, 0.2) is 0 Å². The van der Waals surface area contributed by atoms with Crippen LogP contribution in [0.25, 0.3) is 0 Å². The third-order valence-corrected chi connectivity index (χ3v) is 5.18. The maximum atomic E-state index is 8.00. The molecule has 26 heavy (non-hydrogen) atoms. The highest BCUT2D eigenvalue weighted by atomic mass is 16.1. The predicted octanol–water partition coefficient (Wildman–Crippen LogP) is 3.51. The van der Waals surface area contributed by atoms with Gasteiger partial charge in [-0.1, -0.05) is 12.1 Å². The molecule has 0 bridgehead atoms. The van der Waals surface area contributed by atoms with Crippen LogP contribution >= 0.6 is 0 Å². The van der Waals surface area contributed by atoms with Crippen LogP contribution in [0.3, 0.4) is 0 Å². The Labute approximate surface area is 157 Å². The van der Waals surface area contributed by atoms with E-state index in [0.29, 0.717) is 12.1 Å². The molecule has 0 aliphatic carbocycles. The molecule has 4 rings (SSSR count). The second-order valence-electron chi connectivity index (χ2n) is 6.85. The molecule has 4 heterocycles. The van der Waals surface area contributed by atoms with E-state index >= 15 is 0 Å². The van der Waals surface area contributed by atoms with E-state index in [1.165, 1.54) is 49.9 Å². The summed E-state index contributed by atoms with van der Waals surface area (Å²) in [7, 11) is 4.37. The number of carbonyl (C=O) groups is 1. The zero-order valence-electron chi connectivity index (χ0n) is 15.9. The maximum Gasteiger partial charge on any atom is 0.106 e. The zero-order valence-corrected chi connectivity index (χ0v) is 15.9. The van der Waals surface area contributed by atoms with Crippen molar-refractivity contribution in [3.8, 4) is 0 Å². The average molecular weight is 354 g/mol. The summed E-state index contributed by atoms with van der Waals surface area (Å²) in [6.45, 7) is 4.44. The van der Waals surface area contributed by atoms with Crippen molar-refractivity contribution in [2.24, 2.45) is 0 Å². The van der Waals surface area contributed by atoms with Crippen molar-refractivity contribution < 1.29 is 4.79 Å². The first-order valence-corrected chi connectivity index (χ1v) is 9.25. The van der Waals surface area contributed by atoms with Crippen molar-refractivity contribution in [3.05, 3.63) is 60.2 Å². The van der Waals surface area contributed by atoms with Crippen molar-refractivity contribution in [2.75, 3.05) is 27.2 Å². The Balaban J connectivity index is 0.000000171. The van der Waals surface area contributed by atoms with Crippen molar-refractivity contribution >= 4 is 6.79 Å². The largest absolute Gasteiger partial charge is 0.307 e. The quantitative estimate of drug-likeness (QED) is 0.826. The summed E-state index contributed by atoms with van der Waals surface area (Å²) in [6, 6.07) is 9.58. The van der Waals surface area contributed by atoms with Gasteiger partial charge in [-0.3, -0.25) is 19.8 Å². The van der Waals surface area contributed by atoms with E-state index in [9.17, 15) is 0 Å². The van der Waals surface area contributed by atoms with E-state index < -0.39 is 0 Å². The van der Waals surface area contributed by atoms with Crippen LogP contribution in [0.15, 0.2) is 49.1 Å². The standard InChI is InChI=1S/2C10H14N2.CH2O/c2*1-12-7-3-5-10(12)9-4-2-6-11-8-9;1-2/h2*2,4,6,8,10H,3,5,7H2,1H3;1H2. The molecule has 2 atom stereocenters. The fourth-order valence-electron chi connectivity index (χ4n) is 3.81. The van der Waals surface area contributed by atoms with Gasteiger partial charge in [-0.15, -0.1) is 0 Å². The van der Waals surface area contributed by atoms with Gasteiger partial charge in [-0.05, 0) is 76.1 Å². The van der Waals surface area contributed by atoms with Gasteiger partial charge in [0.1, 0.15) is 6.79 Å². The Kier molecular flexibility index (Phi) is 8.38. The Morgan fingerprint density at radius 1 is 0.846 bits per heavy atom. The fraction of sp³-hybridized carbons (Fsp3) is 0.476. The number of hydrogen-bond acceptors (Lipinski definition) is 5. The monoisotopic (exact) mass is 354 g/mol. The van der Waals surface area contributed by atoms with Gasteiger partial charge in [0.25, 0.3) is 0 Å². The van der Waals surface area contributed by atoms with Crippen LogP contribution in [-0.4, -0.2) is 53.7 Å². The number of hydrogen-bond donors (Lipinski definition) is 0. The molecule has 2 aromatic heterocycles. The summed E-state index contributed by atoms with van der Waals surface area (Å²) < 4.78 is 0. The molecule has 2 fully saturated rings. The lowest BCUT2D eigenvalue weighted by Gasteiger charge is -2.18. The Bertz CT molecular complexity index is 567. The molecule has 140 valence electrons. The summed E-state index contributed by atoms with van der Waals surface area (Å²) in [5.41, 5.74) is 2.72. The van der Waals surface area contributed by atoms with E-state index in [2.05, 4.69) is 46.0 Å². The molecule has 0 radical (unpaired) electrons. The van der Waals surface area contributed by atoms with Crippen LogP contribution in [0.4, 0.5) is 0 Å². The topological polar surface area (TPSA) is 49.3 Å². The van der Waals surface area contributed by atoms with E-state index in [-0.39, 0.29) is 0 Å². The third kappa shape index (κ3) is 5.44. The van der Waals surface area contributed by atoms with Gasteiger partial charge < -0.3 is 4.79 Å². The van der Waals surface area contributed by atoms with Crippen molar-refractivity contribution in [1.29, 1.82) is 0 Å². The molecule has 2 unspecified atom stereocenters.